The van der Waals surface area contributed by atoms with E-state index in [1.54, 1.807) is 0 Å². The van der Waals surface area contributed by atoms with Gasteiger partial charge in [-0.25, -0.2) is 0 Å². The van der Waals surface area contributed by atoms with Gasteiger partial charge in [-0.2, -0.15) is 0 Å². The molecule has 268 valence electrons. The first-order valence-electron chi connectivity index (χ1n) is 19.6. The van der Waals surface area contributed by atoms with E-state index >= 15 is 0 Å². The molecule has 10 aromatic carbocycles. The molecular weight excluding hydrogens is 707 g/mol. The van der Waals surface area contributed by atoms with Crippen molar-refractivity contribution in [2.24, 2.45) is 0 Å². The summed E-state index contributed by atoms with van der Waals surface area (Å²) in [7, 11) is -2.71. The summed E-state index contributed by atoms with van der Waals surface area (Å²) in [6, 6.07) is 82.3. The highest BCUT2D eigenvalue weighted by atomic mass is 28.3. The van der Waals surface area contributed by atoms with E-state index < -0.39 is 8.07 Å². The first kappa shape index (κ1) is 33.2. The third-order valence-electron chi connectivity index (χ3n) is 11.8. The number of nitrogens with zero attached hydrogens (tertiary/aromatic N) is 1. The van der Waals surface area contributed by atoms with Gasteiger partial charge in [-0.05, 0) is 84.8 Å². The highest BCUT2D eigenvalue weighted by molar-refractivity contribution is 7.19. The van der Waals surface area contributed by atoms with Crippen LogP contribution >= 0.6 is 0 Å². The van der Waals surface area contributed by atoms with Crippen molar-refractivity contribution >= 4 is 100 Å². The van der Waals surface area contributed by atoms with Crippen molar-refractivity contribution < 1.29 is 4.42 Å². The van der Waals surface area contributed by atoms with Crippen molar-refractivity contribution in [2.75, 3.05) is 4.90 Å². The van der Waals surface area contributed by atoms with Crippen LogP contribution in [0.15, 0.2) is 229 Å². The second kappa shape index (κ2) is 13.5. The third kappa shape index (κ3) is 5.31. The van der Waals surface area contributed by atoms with Gasteiger partial charge in [0.1, 0.15) is 11.2 Å². The molecule has 0 fully saturated rings. The lowest BCUT2D eigenvalue weighted by Gasteiger charge is -2.35. The molecule has 1 aromatic heterocycles. The van der Waals surface area contributed by atoms with Gasteiger partial charge in [0.05, 0.1) is 5.69 Å². The minimum atomic E-state index is -2.71. The van der Waals surface area contributed by atoms with Gasteiger partial charge in [-0.15, -0.1) is 0 Å². The van der Waals surface area contributed by atoms with Crippen LogP contribution in [0.1, 0.15) is 0 Å². The van der Waals surface area contributed by atoms with Crippen LogP contribution in [0.2, 0.25) is 0 Å². The Bertz CT molecular complexity index is 3130. The summed E-state index contributed by atoms with van der Waals surface area (Å²) in [6.07, 6.45) is 0. The monoisotopic (exact) mass is 743 g/mol. The summed E-state index contributed by atoms with van der Waals surface area (Å²) >= 11 is 0. The molecule has 0 unspecified atom stereocenters. The van der Waals surface area contributed by atoms with E-state index in [0.29, 0.717) is 0 Å². The van der Waals surface area contributed by atoms with Crippen molar-refractivity contribution in [2.45, 2.75) is 0 Å². The average molecular weight is 744 g/mol. The summed E-state index contributed by atoms with van der Waals surface area (Å²) in [5, 5.41) is 14.8. The maximum absolute atomic E-state index is 6.61. The molecule has 0 amide bonds. The van der Waals surface area contributed by atoms with Gasteiger partial charge in [0.2, 0.25) is 0 Å². The minimum absolute atomic E-state index is 0.883. The number of rotatable bonds is 7. The van der Waals surface area contributed by atoms with Crippen LogP contribution in [-0.4, -0.2) is 8.07 Å². The van der Waals surface area contributed by atoms with Gasteiger partial charge in [0, 0.05) is 32.9 Å². The average Bonchev–Trinajstić information content (AvgIpc) is 3.67. The number of fused-ring (bicyclic) bond motifs is 8. The Balaban J connectivity index is 1.17. The summed E-state index contributed by atoms with van der Waals surface area (Å²) in [4.78, 5) is 2.44. The predicted octanol–water partition coefficient (Wildman–Crippen LogP) is 11.9. The van der Waals surface area contributed by atoms with Gasteiger partial charge < -0.3 is 9.32 Å². The van der Waals surface area contributed by atoms with Crippen molar-refractivity contribution in [3.05, 3.63) is 224 Å². The molecule has 11 rings (SSSR count). The fourth-order valence-corrected chi connectivity index (χ4v) is 13.9. The molecule has 3 heteroatoms. The Morgan fingerprint density at radius 3 is 1.47 bits per heavy atom. The zero-order valence-electron chi connectivity index (χ0n) is 31.2. The molecule has 0 spiro atoms. The molecule has 57 heavy (non-hydrogen) atoms. The fourth-order valence-electron chi connectivity index (χ4n) is 9.20. The Labute approximate surface area is 332 Å². The Morgan fingerprint density at radius 1 is 0.316 bits per heavy atom. The van der Waals surface area contributed by atoms with Gasteiger partial charge in [-0.1, -0.05) is 182 Å². The van der Waals surface area contributed by atoms with Gasteiger partial charge >= 0.3 is 0 Å². The maximum atomic E-state index is 6.61. The van der Waals surface area contributed by atoms with E-state index in [-0.39, 0.29) is 0 Å². The van der Waals surface area contributed by atoms with Crippen LogP contribution < -0.4 is 25.6 Å². The largest absolute Gasteiger partial charge is 0.455 e. The molecule has 0 aliphatic carbocycles. The van der Waals surface area contributed by atoms with Gasteiger partial charge in [-0.3, -0.25) is 0 Å². The standard InChI is InChI=1S/C54H37NOSi/c1-4-18-42(19-5-1)57(43-20-6-2-7-21-43,44-22-8-3-9-23-44)45-32-29-40(30-33-45)55(52-36-39-17-11-12-24-46(39)48-26-14-15-27-49(48)52)41-31-35-53-51(37-41)50-34-28-38-16-10-13-25-47(38)54(50)56-53/h1-37H. The molecule has 0 bridgehead atoms. The van der Waals surface area contributed by atoms with Crippen molar-refractivity contribution in [1.29, 1.82) is 0 Å². The fraction of sp³-hybridized carbons (Fsp3) is 0. The number of furan rings is 1. The first-order valence-corrected chi connectivity index (χ1v) is 21.6. The number of hydrogen-bond donors (Lipinski definition) is 0. The molecule has 0 N–H and O–H groups in total. The number of hydrogen-bond acceptors (Lipinski definition) is 2. The molecule has 11 aromatic rings. The molecule has 2 nitrogen and oxygen atoms in total. The maximum Gasteiger partial charge on any atom is 0.179 e. The normalized spacial score (nSPS) is 11.9. The van der Waals surface area contributed by atoms with E-state index in [1.165, 1.54) is 47.7 Å². The van der Waals surface area contributed by atoms with Crippen molar-refractivity contribution in [1.82, 2.24) is 0 Å². The lowest BCUT2D eigenvalue weighted by atomic mass is 9.99. The van der Waals surface area contributed by atoms with Crippen molar-refractivity contribution in [3.8, 4) is 0 Å². The van der Waals surface area contributed by atoms with E-state index in [0.717, 1.165) is 44.4 Å². The Morgan fingerprint density at radius 2 is 0.825 bits per heavy atom. The summed E-state index contributed by atoms with van der Waals surface area (Å²) in [6.45, 7) is 0. The van der Waals surface area contributed by atoms with Crippen LogP contribution in [0.25, 0.3) is 54.3 Å². The molecule has 0 radical (unpaired) electrons. The smallest absolute Gasteiger partial charge is 0.179 e. The minimum Gasteiger partial charge on any atom is -0.455 e. The predicted molar refractivity (Wildman–Crippen MR) is 245 cm³/mol. The van der Waals surface area contributed by atoms with E-state index in [1.807, 2.05) is 0 Å². The zero-order chi connectivity index (χ0) is 37.8. The van der Waals surface area contributed by atoms with Crippen LogP contribution in [0.5, 0.6) is 0 Å². The lowest BCUT2D eigenvalue weighted by molar-refractivity contribution is 0.672. The Hall–Kier alpha value is -7.20. The quantitative estimate of drug-likeness (QED) is 0.0918. The summed E-state index contributed by atoms with van der Waals surface area (Å²) in [5.74, 6) is 0. The second-order valence-corrected chi connectivity index (χ2v) is 18.6. The molecule has 0 aliphatic rings. The second-order valence-electron chi connectivity index (χ2n) is 14.8. The van der Waals surface area contributed by atoms with E-state index in [2.05, 4.69) is 229 Å². The summed E-state index contributed by atoms with van der Waals surface area (Å²) < 4.78 is 6.61. The zero-order valence-corrected chi connectivity index (χ0v) is 32.2. The highest BCUT2D eigenvalue weighted by Gasteiger charge is 2.41. The van der Waals surface area contributed by atoms with Crippen LogP contribution in [-0.2, 0) is 0 Å². The molecular formula is C54H37NOSi. The Kier molecular flexibility index (Phi) is 7.87. The molecule has 0 atom stereocenters. The lowest BCUT2D eigenvalue weighted by Crippen LogP contribution is -2.74. The topological polar surface area (TPSA) is 16.4 Å². The van der Waals surface area contributed by atoms with E-state index in [4.69, 9.17) is 4.42 Å². The molecule has 0 saturated heterocycles. The number of anilines is 3. The third-order valence-corrected chi connectivity index (χ3v) is 16.6. The van der Waals surface area contributed by atoms with Crippen molar-refractivity contribution in [3.63, 3.8) is 0 Å². The molecule has 1 heterocycles. The van der Waals surface area contributed by atoms with Crippen LogP contribution in [0, 0.1) is 0 Å². The van der Waals surface area contributed by atoms with E-state index in [9.17, 15) is 0 Å². The SMILES string of the molecule is c1ccc([Si](c2ccccc2)(c2ccccc2)c2ccc(N(c3ccc4oc5c6ccccc6ccc5c4c3)c3cc4ccccc4c4ccccc34)cc2)cc1. The van der Waals surface area contributed by atoms with Gasteiger partial charge in [0.15, 0.2) is 8.07 Å². The number of benzene rings is 10. The van der Waals surface area contributed by atoms with Gasteiger partial charge in [0.25, 0.3) is 0 Å². The highest BCUT2D eigenvalue weighted by Crippen LogP contribution is 2.44. The molecule has 0 saturated carbocycles. The van der Waals surface area contributed by atoms with Crippen LogP contribution in [0.3, 0.4) is 0 Å². The molecule has 0 aliphatic heterocycles. The van der Waals surface area contributed by atoms with Crippen LogP contribution in [0.4, 0.5) is 17.1 Å². The summed E-state index contributed by atoms with van der Waals surface area (Å²) in [5.41, 5.74) is 5.11. The first-order chi connectivity index (χ1) is 28.3.